The van der Waals surface area contributed by atoms with Crippen LogP contribution < -0.4 is 5.32 Å². The number of benzene rings is 1. The van der Waals surface area contributed by atoms with Gasteiger partial charge in [-0.05, 0) is 18.7 Å². The second-order valence-electron chi connectivity index (χ2n) is 4.28. The molecule has 21 heavy (non-hydrogen) atoms. The fraction of sp³-hybridized carbons (Fsp3) is 0.214. The minimum Gasteiger partial charge on any atom is -0.305 e. The molecular weight excluding hydrogens is 324 g/mol. The monoisotopic (exact) mass is 334 g/mol. The van der Waals surface area contributed by atoms with E-state index in [1.165, 1.54) is 12.3 Å². The molecule has 0 amide bonds. The standard InChI is InChI=1S/C14H11Cl2F3N2/c1-2-20-13(14-9(16)5-7(15)6-21-14)8-3-4-10(17)12(19)11(8)18/h3-6,13,20H,2H2,1H3. The van der Waals surface area contributed by atoms with E-state index in [4.69, 9.17) is 23.2 Å². The summed E-state index contributed by atoms with van der Waals surface area (Å²) in [5.74, 6) is -4.05. The maximum atomic E-state index is 14.0. The summed E-state index contributed by atoms with van der Waals surface area (Å²) < 4.78 is 40.4. The van der Waals surface area contributed by atoms with Gasteiger partial charge in [-0.1, -0.05) is 36.2 Å². The molecule has 0 saturated heterocycles. The number of pyridine rings is 1. The van der Waals surface area contributed by atoms with Gasteiger partial charge in [0.05, 0.1) is 21.8 Å². The van der Waals surface area contributed by atoms with Crippen LogP contribution in [0.5, 0.6) is 0 Å². The highest BCUT2D eigenvalue weighted by Crippen LogP contribution is 2.31. The van der Waals surface area contributed by atoms with Crippen LogP contribution in [0.15, 0.2) is 24.4 Å². The van der Waals surface area contributed by atoms with E-state index in [-0.39, 0.29) is 16.3 Å². The third-order valence-electron chi connectivity index (χ3n) is 2.89. The van der Waals surface area contributed by atoms with Gasteiger partial charge in [-0.3, -0.25) is 4.98 Å². The van der Waals surface area contributed by atoms with Crippen molar-refractivity contribution in [2.75, 3.05) is 6.54 Å². The molecule has 112 valence electrons. The second kappa shape index (κ2) is 6.64. The maximum absolute atomic E-state index is 14.0. The molecule has 0 fully saturated rings. The van der Waals surface area contributed by atoms with E-state index in [0.717, 1.165) is 12.1 Å². The van der Waals surface area contributed by atoms with Crippen LogP contribution in [0.1, 0.15) is 24.2 Å². The number of hydrogen-bond acceptors (Lipinski definition) is 2. The van der Waals surface area contributed by atoms with Crippen LogP contribution in [-0.2, 0) is 0 Å². The van der Waals surface area contributed by atoms with E-state index in [9.17, 15) is 13.2 Å². The van der Waals surface area contributed by atoms with Gasteiger partial charge in [-0.2, -0.15) is 0 Å². The first-order valence-corrected chi connectivity index (χ1v) is 6.89. The lowest BCUT2D eigenvalue weighted by Crippen LogP contribution is -2.25. The first kappa shape index (κ1) is 16.1. The second-order valence-corrected chi connectivity index (χ2v) is 5.12. The third-order valence-corrected chi connectivity index (χ3v) is 3.40. The summed E-state index contributed by atoms with van der Waals surface area (Å²) in [5, 5.41) is 3.47. The molecule has 2 rings (SSSR count). The molecule has 2 aromatic rings. The normalized spacial score (nSPS) is 12.5. The van der Waals surface area contributed by atoms with E-state index >= 15 is 0 Å². The van der Waals surface area contributed by atoms with Gasteiger partial charge in [-0.15, -0.1) is 0 Å². The van der Waals surface area contributed by atoms with Crippen molar-refractivity contribution in [1.29, 1.82) is 0 Å². The van der Waals surface area contributed by atoms with Crippen LogP contribution in [0.4, 0.5) is 13.2 Å². The minimum atomic E-state index is -1.53. The SMILES string of the molecule is CCNC(c1ccc(F)c(F)c1F)c1ncc(Cl)cc1Cl. The minimum absolute atomic E-state index is 0.0764. The zero-order chi connectivity index (χ0) is 15.6. The lowest BCUT2D eigenvalue weighted by molar-refractivity contribution is 0.432. The van der Waals surface area contributed by atoms with Gasteiger partial charge in [0.1, 0.15) is 0 Å². The molecular formula is C14H11Cl2F3N2. The lowest BCUT2D eigenvalue weighted by Gasteiger charge is -2.20. The van der Waals surface area contributed by atoms with Crippen molar-refractivity contribution in [2.45, 2.75) is 13.0 Å². The first-order chi connectivity index (χ1) is 9.95. The highest BCUT2D eigenvalue weighted by Gasteiger charge is 2.24. The van der Waals surface area contributed by atoms with Crippen LogP contribution in [0.3, 0.4) is 0 Å². The van der Waals surface area contributed by atoms with Crippen molar-refractivity contribution in [3.05, 3.63) is 63.2 Å². The Kier molecular flexibility index (Phi) is 5.08. The van der Waals surface area contributed by atoms with Crippen molar-refractivity contribution in [1.82, 2.24) is 10.3 Å². The number of nitrogens with zero attached hydrogens (tertiary/aromatic N) is 1. The molecule has 1 unspecified atom stereocenters. The average molecular weight is 335 g/mol. The van der Waals surface area contributed by atoms with E-state index < -0.39 is 23.5 Å². The summed E-state index contributed by atoms with van der Waals surface area (Å²) in [6.07, 6.45) is 1.35. The Morgan fingerprint density at radius 1 is 1.19 bits per heavy atom. The van der Waals surface area contributed by atoms with Gasteiger partial charge in [0.25, 0.3) is 0 Å². The summed E-state index contributed by atoms with van der Waals surface area (Å²) in [6, 6.07) is 2.67. The van der Waals surface area contributed by atoms with Crippen molar-refractivity contribution >= 4 is 23.2 Å². The van der Waals surface area contributed by atoms with Crippen molar-refractivity contribution in [2.24, 2.45) is 0 Å². The molecule has 1 aromatic carbocycles. The van der Waals surface area contributed by atoms with E-state index in [2.05, 4.69) is 10.3 Å². The van der Waals surface area contributed by atoms with Gasteiger partial charge < -0.3 is 5.32 Å². The molecule has 0 saturated carbocycles. The fourth-order valence-electron chi connectivity index (χ4n) is 1.96. The molecule has 1 N–H and O–H groups in total. The fourth-order valence-corrected chi connectivity index (χ4v) is 2.45. The topological polar surface area (TPSA) is 24.9 Å². The van der Waals surface area contributed by atoms with Crippen LogP contribution in [0.25, 0.3) is 0 Å². The Morgan fingerprint density at radius 2 is 1.90 bits per heavy atom. The largest absolute Gasteiger partial charge is 0.305 e. The Labute approximate surface area is 129 Å². The smallest absolute Gasteiger partial charge is 0.194 e. The molecule has 0 aliphatic carbocycles. The van der Waals surface area contributed by atoms with Gasteiger partial charge in [0.15, 0.2) is 17.5 Å². The van der Waals surface area contributed by atoms with Crippen molar-refractivity contribution < 1.29 is 13.2 Å². The van der Waals surface area contributed by atoms with Gasteiger partial charge in [0, 0.05) is 11.8 Å². The lowest BCUT2D eigenvalue weighted by atomic mass is 10.0. The first-order valence-electron chi connectivity index (χ1n) is 6.13. The Bertz CT molecular complexity index is 665. The van der Waals surface area contributed by atoms with E-state index in [0.29, 0.717) is 11.6 Å². The van der Waals surface area contributed by atoms with Crippen molar-refractivity contribution in [3.8, 4) is 0 Å². The summed E-state index contributed by atoms with van der Waals surface area (Å²) in [6.45, 7) is 2.23. The third kappa shape index (κ3) is 3.31. The Balaban J connectivity index is 2.56. The summed E-state index contributed by atoms with van der Waals surface area (Å²) in [5.41, 5.74) is 0.209. The zero-order valence-electron chi connectivity index (χ0n) is 10.9. The van der Waals surface area contributed by atoms with Crippen molar-refractivity contribution in [3.63, 3.8) is 0 Å². The molecule has 1 aromatic heterocycles. The quantitative estimate of drug-likeness (QED) is 0.832. The Morgan fingerprint density at radius 3 is 2.52 bits per heavy atom. The van der Waals surface area contributed by atoms with Gasteiger partial charge >= 0.3 is 0 Å². The van der Waals surface area contributed by atoms with Crippen LogP contribution in [-0.4, -0.2) is 11.5 Å². The number of aromatic nitrogens is 1. The van der Waals surface area contributed by atoms with Crippen LogP contribution in [0, 0.1) is 17.5 Å². The molecule has 7 heteroatoms. The molecule has 0 bridgehead atoms. The molecule has 0 aliphatic heterocycles. The molecule has 1 heterocycles. The zero-order valence-corrected chi connectivity index (χ0v) is 12.4. The maximum Gasteiger partial charge on any atom is 0.194 e. The predicted octanol–water partition coefficient (Wildman–Crippen LogP) is 4.50. The number of rotatable bonds is 4. The highest BCUT2D eigenvalue weighted by atomic mass is 35.5. The van der Waals surface area contributed by atoms with Gasteiger partial charge in [0.2, 0.25) is 0 Å². The van der Waals surface area contributed by atoms with E-state index in [1.54, 1.807) is 6.92 Å². The summed E-state index contributed by atoms with van der Waals surface area (Å²) in [4.78, 5) is 4.06. The van der Waals surface area contributed by atoms with Crippen LogP contribution in [0.2, 0.25) is 10.0 Å². The average Bonchev–Trinajstić information content (AvgIpc) is 2.44. The summed E-state index contributed by atoms with van der Waals surface area (Å²) >= 11 is 11.8. The van der Waals surface area contributed by atoms with E-state index in [1.807, 2.05) is 0 Å². The number of nitrogens with one attached hydrogen (secondary N) is 1. The summed E-state index contributed by atoms with van der Waals surface area (Å²) in [7, 11) is 0. The number of hydrogen-bond donors (Lipinski definition) is 1. The Hall–Kier alpha value is -1.30. The molecule has 1 atom stereocenters. The number of halogens is 5. The molecule has 0 aliphatic rings. The molecule has 0 radical (unpaired) electrons. The van der Waals surface area contributed by atoms with Crippen LogP contribution >= 0.6 is 23.2 Å². The predicted molar refractivity (Wildman–Crippen MR) is 76.1 cm³/mol. The highest BCUT2D eigenvalue weighted by molar-refractivity contribution is 6.34. The molecule has 0 spiro atoms. The van der Waals surface area contributed by atoms with Gasteiger partial charge in [-0.25, -0.2) is 13.2 Å². The molecule has 2 nitrogen and oxygen atoms in total.